The lowest BCUT2D eigenvalue weighted by molar-refractivity contribution is 0.221. The van der Waals surface area contributed by atoms with E-state index in [1.165, 1.54) is 25.7 Å². The zero-order valence-electron chi connectivity index (χ0n) is 8.75. The van der Waals surface area contributed by atoms with E-state index in [9.17, 15) is 8.76 Å². The molecular formula is C9H20FO3P. The average Bonchev–Trinajstić information content (AvgIpc) is 2.08. The minimum absolute atomic E-state index is 0.0397. The van der Waals surface area contributed by atoms with Gasteiger partial charge in [0.25, 0.3) is 0 Å². The number of unbranched alkanes of at least 4 members (excludes halogenated alkanes) is 6. The molecule has 5 heteroatoms. The fourth-order valence-electron chi connectivity index (χ4n) is 1.24. The Morgan fingerprint density at radius 3 is 2.14 bits per heavy atom. The lowest BCUT2D eigenvalue weighted by Gasteiger charge is -2.03. The molecule has 0 fully saturated rings. The molecule has 0 spiro atoms. The maximum absolute atomic E-state index is 12.0. The van der Waals surface area contributed by atoms with Crippen LogP contribution in [0, 0.1) is 0 Å². The fraction of sp³-hybridized carbons (Fsp3) is 1.00. The molecule has 0 rings (SSSR count). The van der Waals surface area contributed by atoms with E-state index in [0.29, 0.717) is 6.42 Å². The average molecular weight is 226 g/mol. The van der Waals surface area contributed by atoms with Crippen LogP contribution in [0.15, 0.2) is 0 Å². The molecule has 14 heavy (non-hydrogen) atoms. The largest absolute Gasteiger partial charge is 0.510 e. The molecule has 0 radical (unpaired) electrons. The highest BCUT2D eigenvalue weighted by atomic mass is 31.2. The van der Waals surface area contributed by atoms with E-state index in [4.69, 9.17) is 4.89 Å². The highest BCUT2D eigenvalue weighted by Crippen LogP contribution is 2.43. The van der Waals surface area contributed by atoms with Crippen LogP contribution in [-0.2, 0) is 9.09 Å². The van der Waals surface area contributed by atoms with Gasteiger partial charge >= 0.3 is 7.91 Å². The molecule has 0 aliphatic heterocycles. The van der Waals surface area contributed by atoms with Gasteiger partial charge in [0, 0.05) is 0 Å². The van der Waals surface area contributed by atoms with E-state index in [2.05, 4.69) is 11.4 Å². The van der Waals surface area contributed by atoms with E-state index in [1.807, 2.05) is 0 Å². The topological polar surface area (TPSA) is 46.5 Å². The Balaban J connectivity index is 3.03. The molecule has 86 valence electrons. The van der Waals surface area contributed by atoms with Crippen LogP contribution in [-0.4, -0.2) is 11.5 Å². The van der Waals surface area contributed by atoms with Crippen LogP contribution in [0.4, 0.5) is 4.20 Å². The quantitative estimate of drug-likeness (QED) is 0.480. The number of rotatable bonds is 9. The van der Waals surface area contributed by atoms with Crippen molar-refractivity contribution in [3.8, 4) is 0 Å². The van der Waals surface area contributed by atoms with E-state index < -0.39 is 7.91 Å². The van der Waals surface area contributed by atoms with Gasteiger partial charge in [-0.05, 0) is 6.42 Å². The van der Waals surface area contributed by atoms with Crippen molar-refractivity contribution < 1.29 is 18.2 Å². The monoisotopic (exact) mass is 226 g/mol. The predicted molar refractivity (Wildman–Crippen MR) is 54.9 cm³/mol. The zero-order chi connectivity index (χ0) is 10.9. The Morgan fingerprint density at radius 2 is 1.64 bits per heavy atom. The SMILES string of the molecule is CCCCCCCCCOP(=O)(O)F. The highest BCUT2D eigenvalue weighted by molar-refractivity contribution is 7.46. The maximum atomic E-state index is 12.0. The molecule has 1 unspecified atom stereocenters. The molecule has 0 aromatic heterocycles. The number of hydrogen-bond donors (Lipinski definition) is 1. The van der Waals surface area contributed by atoms with Gasteiger partial charge in [0.2, 0.25) is 0 Å². The molecule has 0 aromatic rings. The third-order valence-electron chi connectivity index (χ3n) is 2.00. The van der Waals surface area contributed by atoms with Crippen LogP contribution in [0.1, 0.15) is 51.9 Å². The van der Waals surface area contributed by atoms with Gasteiger partial charge in [-0.2, -0.15) is 0 Å². The van der Waals surface area contributed by atoms with E-state index in [0.717, 1.165) is 12.8 Å². The van der Waals surface area contributed by atoms with Crippen LogP contribution in [0.5, 0.6) is 0 Å². The van der Waals surface area contributed by atoms with Gasteiger partial charge in [0.15, 0.2) is 0 Å². The van der Waals surface area contributed by atoms with Crippen LogP contribution >= 0.6 is 7.91 Å². The standard InChI is InChI=1S/C9H20FO3P/c1-2-3-4-5-6-7-8-9-13-14(10,11)12/h2-9H2,1H3,(H,11,12). The first-order valence-corrected chi connectivity index (χ1v) is 6.70. The second-order valence-electron chi connectivity index (χ2n) is 3.41. The Kier molecular flexibility index (Phi) is 8.44. The molecule has 0 bridgehead atoms. The van der Waals surface area contributed by atoms with E-state index in [-0.39, 0.29) is 6.61 Å². The molecule has 0 saturated carbocycles. The summed E-state index contributed by atoms with van der Waals surface area (Å²) in [4.78, 5) is 8.16. The van der Waals surface area contributed by atoms with Crippen molar-refractivity contribution in [1.82, 2.24) is 0 Å². The van der Waals surface area contributed by atoms with Gasteiger partial charge in [-0.3, -0.25) is 9.42 Å². The van der Waals surface area contributed by atoms with Crippen molar-refractivity contribution in [2.75, 3.05) is 6.61 Å². The number of halogens is 1. The molecule has 0 amide bonds. The normalized spacial score (nSPS) is 15.4. The maximum Gasteiger partial charge on any atom is 0.510 e. The third-order valence-corrected chi connectivity index (χ3v) is 2.50. The van der Waals surface area contributed by atoms with Gasteiger partial charge < -0.3 is 0 Å². The molecule has 0 saturated heterocycles. The van der Waals surface area contributed by atoms with Crippen LogP contribution in [0.3, 0.4) is 0 Å². The number of hydrogen-bond acceptors (Lipinski definition) is 2. The fourth-order valence-corrected chi connectivity index (χ4v) is 1.59. The zero-order valence-corrected chi connectivity index (χ0v) is 9.64. The summed E-state index contributed by atoms with van der Waals surface area (Å²) in [5, 5.41) is 0. The van der Waals surface area contributed by atoms with Crippen molar-refractivity contribution in [2.45, 2.75) is 51.9 Å². The lowest BCUT2D eigenvalue weighted by Crippen LogP contribution is -1.90. The van der Waals surface area contributed by atoms with Gasteiger partial charge in [0.05, 0.1) is 6.61 Å². The Bertz CT molecular complexity index is 169. The summed E-state index contributed by atoms with van der Waals surface area (Å²) < 4.78 is 26.1. The van der Waals surface area contributed by atoms with E-state index in [1.54, 1.807) is 0 Å². The lowest BCUT2D eigenvalue weighted by atomic mass is 10.1. The Morgan fingerprint density at radius 1 is 1.14 bits per heavy atom. The summed E-state index contributed by atoms with van der Waals surface area (Å²) in [6.45, 7) is 2.20. The molecule has 1 atom stereocenters. The van der Waals surface area contributed by atoms with Crippen LogP contribution in [0.25, 0.3) is 0 Å². The van der Waals surface area contributed by atoms with Crippen molar-refractivity contribution in [2.24, 2.45) is 0 Å². The van der Waals surface area contributed by atoms with Crippen molar-refractivity contribution >= 4 is 7.91 Å². The smallest absolute Gasteiger partial charge is 0.299 e. The van der Waals surface area contributed by atoms with Crippen molar-refractivity contribution in [1.29, 1.82) is 0 Å². The molecule has 0 aliphatic rings. The molecule has 3 nitrogen and oxygen atoms in total. The van der Waals surface area contributed by atoms with Gasteiger partial charge in [0.1, 0.15) is 0 Å². The van der Waals surface area contributed by atoms with Gasteiger partial charge in [-0.1, -0.05) is 45.4 Å². The van der Waals surface area contributed by atoms with Crippen LogP contribution in [0.2, 0.25) is 0 Å². The molecule has 0 aliphatic carbocycles. The summed E-state index contributed by atoms with van der Waals surface area (Å²) in [6, 6.07) is 0. The summed E-state index contributed by atoms with van der Waals surface area (Å²) in [6.07, 6.45) is 7.57. The van der Waals surface area contributed by atoms with Gasteiger partial charge in [-0.25, -0.2) is 4.57 Å². The molecule has 0 heterocycles. The summed E-state index contributed by atoms with van der Waals surface area (Å²) in [5.41, 5.74) is 0. The first kappa shape index (κ1) is 14.1. The van der Waals surface area contributed by atoms with E-state index >= 15 is 0 Å². The molecule has 1 N–H and O–H groups in total. The van der Waals surface area contributed by atoms with Gasteiger partial charge in [-0.15, -0.1) is 4.20 Å². The predicted octanol–water partition coefficient (Wildman–Crippen LogP) is 3.82. The Labute approximate surface area is 85.3 Å². The highest BCUT2D eigenvalue weighted by Gasteiger charge is 2.15. The molecule has 0 aromatic carbocycles. The van der Waals surface area contributed by atoms with Crippen molar-refractivity contribution in [3.05, 3.63) is 0 Å². The first-order chi connectivity index (χ1) is 6.56. The van der Waals surface area contributed by atoms with Crippen molar-refractivity contribution in [3.63, 3.8) is 0 Å². The third kappa shape index (κ3) is 12.1. The Hall–Kier alpha value is 0.0800. The molecular weight excluding hydrogens is 206 g/mol. The summed E-state index contributed by atoms with van der Waals surface area (Å²) in [7, 11) is -4.73. The summed E-state index contributed by atoms with van der Waals surface area (Å²) in [5.74, 6) is 0. The van der Waals surface area contributed by atoms with Crippen LogP contribution < -0.4 is 0 Å². The second-order valence-corrected chi connectivity index (χ2v) is 4.57. The summed E-state index contributed by atoms with van der Waals surface area (Å²) >= 11 is 0. The minimum atomic E-state index is -4.73. The second kappa shape index (κ2) is 8.39. The minimum Gasteiger partial charge on any atom is -0.299 e. The first-order valence-electron chi connectivity index (χ1n) is 5.23.